The quantitative estimate of drug-likeness (QED) is 0.149. The first-order chi connectivity index (χ1) is 8.99. The third-order valence-corrected chi connectivity index (χ3v) is 1.50. The molecule has 0 aromatic carbocycles. The van der Waals surface area contributed by atoms with Crippen LogP contribution in [0.4, 0.5) is 0 Å². The number of carbonyl (C=O) groups excluding carboxylic acids is 2. The van der Waals surface area contributed by atoms with Crippen LogP contribution in [0.2, 0.25) is 0 Å². The Hall–Kier alpha value is -1.64. The van der Waals surface area contributed by atoms with Gasteiger partial charge in [0, 0.05) is 17.1 Å². The van der Waals surface area contributed by atoms with Gasteiger partial charge in [-0.15, -0.1) is 0 Å². The monoisotopic (exact) mass is 322 g/mol. The predicted molar refractivity (Wildman–Crippen MR) is 62.0 cm³/mol. The van der Waals surface area contributed by atoms with Crippen molar-refractivity contribution < 1.29 is 45.4 Å². The van der Waals surface area contributed by atoms with Crippen LogP contribution in [0.1, 0.15) is 20.8 Å². The summed E-state index contributed by atoms with van der Waals surface area (Å²) in [5.74, 6) is -1.45. The second kappa shape index (κ2) is 26.0. The molecule has 0 heterocycles. The average Bonchev–Trinajstić information content (AvgIpc) is 2.45. The number of esters is 1. The van der Waals surface area contributed by atoms with Crippen LogP contribution < -0.4 is 0 Å². The maximum atomic E-state index is 11.1. The minimum atomic E-state index is -0.817. The third kappa shape index (κ3) is 21.6. The molecule has 0 aliphatic heterocycles. The van der Waals surface area contributed by atoms with Crippen molar-refractivity contribution in [3.05, 3.63) is 43.8 Å². The molecule has 0 aliphatic carbocycles. The zero-order valence-corrected chi connectivity index (χ0v) is 12.4. The SMILES string of the molecule is C=C(C)/C(C)=C/C(=O)C(=O)OCC.[C-]#[O+].[C-]#[O+].[C-]#[O+].[Fe]. The summed E-state index contributed by atoms with van der Waals surface area (Å²) in [6, 6.07) is 0. The van der Waals surface area contributed by atoms with E-state index in [1.165, 1.54) is 6.08 Å². The summed E-state index contributed by atoms with van der Waals surface area (Å²) in [7, 11) is 0. The average molecular weight is 322 g/mol. The number of ketones is 1. The van der Waals surface area contributed by atoms with Crippen molar-refractivity contribution in [2.24, 2.45) is 0 Å². The Kier molecular flexibility index (Phi) is 40.3. The van der Waals surface area contributed by atoms with E-state index in [2.05, 4.69) is 31.3 Å². The van der Waals surface area contributed by atoms with Crippen molar-refractivity contribution in [1.29, 1.82) is 0 Å². The van der Waals surface area contributed by atoms with Gasteiger partial charge in [0.05, 0.1) is 6.61 Å². The Morgan fingerprint density at radius 1 is 1.10 bits per heavy atom. The molecule has 0 unspecified atom stereocenters. The molecule has 0 bridgehead atoms. The molecule has 7 heteroatoms. The smallest absolute Gasteiger partial charge is 0 e. The molecule has 0 rings (SSSR count). The van der Waals surface area contributed by atoms with E-state index < -0.39 is 11.8 Å². The molecule has 110 valence electrons. The molecule has 0 fully saturated rings. The largest absolute Gasteiger partial charge is 0 e. The summed E-state index contributed by atoms with van der Waals surface area (Å²) < 4.78 is 27.0. The number of rotatable bonds is 4. The van der Waals surface area contributed by atoms with Crippen LogP contribution in [0.5, 0.6) is 0 Å². The summed E-state index contributed by atoms with van der Waals surface area (Å²) in [6.07, 6.45) is 1.24. The van der Waals surface area contributed by atoms with Gasteiger partial charge >= 0.3 is 39.9 Å². The molecule has 0 amide bonds. The van der Waals surface area contributed by atoms with Crippen LogP contribution in [0.15, 0.2) is 23.8 Å². The van der Waals surface area contributed by atoms with Crippen LogP contribution in [-0.4, -0.2) is 18.4 Å². The molecule has 0 spiro atoms. The Bertz CT molecular complexity index is 362. The molecular formula is C13H14FeO6. The van der Waals surface area contributed by atoms with Gasteiger partial charge in [-0.3, -0.25) is 4.79 Å². The molecular weight excluding hydrogens is 308 g/mol. The maximum absolute atomic E-state index is 11.1. The zero-order valence-electron chi connectivity index (χ0n) is 11.3. The van der Waals surface area contributed by atoms with Crippen LogP contribution in [0, 0.1) is 20.0 Å². The van der Waals surface area contributed by atoms with Gasteiger partial charge in [0.15, 0.2) is 0 Å². The Morgan fingerprint density at radius 2 is 1.45 bits per heavy atom. The van der Waals surface area contributed by atoms with E-state index in [0.717, 1.165) is 5.57 Å². The van der Waals surface area contributed by atoms with Gasteiger partial charge in [0.2, 0.25) is 0 Å². The standard InChI is InChI=1S/C10H14O3.3CO.Fe/c1-5-13-10(12)9(11)6-8(4)7(2)3;3*1-2;/h6H,2,5H2,1,3-4H3;;;;/b8-6+;;;;. The van der Waals surface area contributed by atoms with Crippen LogP contribution in [-0.2, 0) is 45.4 Å². The minimum Gasteiger partial charge on any atom is 0 e. The summed E-state index contributed by atoms with van der Waals surface area (Å²) in [6.45, 7) is 22.5. The van der Waals surface area contributed by atoms with Crippen molar-refractivity contribution in [3.63, 3.8) is 0 Å². The molecule has 0 aromatic heterocycles. The first-order valence-corrected chi connectivity index (χ1v) is 4.65. The van der Waals surface area contributed by atoms with E-state index in [0.29, 0.717) is 5.57 Å². The number of hydrogen-bond acceptors (Lipinski definition) is 3. The summed E-state index contributed by atoms with van der Waals surface area (Å²) in [4.78, 5) is 21.9. The number of allylic oxidation sites excluding steroid dienone is 2. The molecule has 20 heavy (non-hydrogen) atoms. The van der Waals surface area contributed by atoms with Crippen LogP contribution >= 0.6 is 0 Å². The van der Waals surface area contributed by atoms with E-state index >= 15 is 0 Å². The van der Waals surface area contributed by atoms with Gasteiger partial charge < -0.3 is 4.74 Å². The second-order valence-corrected chi connectivity index (χ2v) is 2.69. The Labute approximate surface area is 128 Å². The van der Waals surface area contributed by atoms with E-state index in [4.69, 9.17) is 14.0 Å². The number of ether oxygens (including phenoxy) is 1. The number of carbonyl (C=O) groups is 2. The van der Waals surface area contributed by atoms with Gasteiger partial charge in [-0.1, -0.05) is 12.2 Å². The van der Waals surface area contributed by atoms with Gasteiger partial charge in [-0.2, -0.15) is 0 Å². The molecule has 0 aromatic rings. The van der Waals surface area contributed by atoms with E-state index in [1.54, 1.807) is 20.8 Å². The van der Waals surface area contributed by atoms with Crippen molar-refractivity contribution in [3.8, 4) is 0 Å². The molecule has 0 N–H and O–H groups in total. The first-order valence-electron chi connectivity index (χ1n) is 4.65. The van der Waals surface area contributed by atoms with Crippen LogP contribution in [0.25, 0.3) is 0 Å². The summed E-state index contributed by atoms with van der Waals surface area (Å²) in [5, 5.41) is 0. The van der Waals surface area contributed by atoms with E-state index in [1.807, 2.05) is 0 Å². The van der Waals surface area contributed by atoms with Crippen molar-refractivity contribution in [2.45, 2.75) is 20.8 Å². The summed E-state index contributed by atoms with van der Waals surface area (Å²) >= 11 is 0. The minimum absolute atomic E-state index is 0. The van der Waals surface area contributed by atoms with Gasteiger partial charge in [-0.25, -0.2) is 4.79 Å². The molecule has 0 saturated heterocycles. The molecule has 6 nitrogen and oxygen atoms in total. The second-order valence-electron chi connectivity index (χ2n) is 2.69. The van der Waals surface area contributed by atoms with Crippen LogP contribution in [0.3, 0.4) is 0 Å². The molecule has 0 radical (unpaired) electrons. The molecule has 0 saturated carbocycles. The Balaban J connectivity index is -0.0000000940. The molecule has 0 atom stereocenters. The van der Waals surface area contributed by atoms with Crippen molar-refractivity contribution in [1.82, 2.24) is 0 Å². The van der Waals surface area contributed by atoms with Gasteiger partial charge in [0.25, 0.3) is 5.78 Å². The normalized spacial score (nSPS) is 7.35. The van der Waals surface area contributed by atoms with Gasteiger partial charge in [0.1, 0.15) is 0 Å². The predicted octanol–water partition coefficient (Wildman–Crippen LogP) is 1.53. The fourth-order valence-corrected chi connectivity index (χ4v) is 0.581. The van der Waals surface area contributed by atoms with Crippen molar-refractivity contribution in [2.75, 3.05) is 6.61 Å². The van der Waals surface area contributed by atoms with E-state index in [9.17, 15) is 9.59 Å². The zero-order chi connectivity index (χ0) is 16.4. The Morgan fingerprint density at radius 3 is 1.70 bits per heavy atom. The number of hydrogen-bond donors (Lipinski definition) is 0. The summed E-state index contributed by atoms with van der Waals surface area (Å²) in [5.41, 5.74) is 1.45. The first kappa shape index (κ1) is 31.0. The fourth-order valence-electron chi connectivity index (χ4n) is 0.581. The third-order valence-electron chi connectivity index (χ3n) is 1.50. The maximum Gasteiger partial charge on any atom is 0 e. The van der Waals surface area contributed by atoms with E-state index in [-0.39, 0.29) is 23.7 Å². The van der Waals surface area contributed by atoms with Gasteiger partial charge in [-0.05, 0) is 32.4 Å². The van der Waals surface area contributed by atoms with Crippen molar-refractivity contribution >= 4 is 11.8 Å². The molecule has 0 aliphatic rings. The topological polar surface area (TPSA) is 103 Å². The fraction of sp³-hybridized carbons (Fsp3) is 0.308.